The fourth-order valence-corrected chi connectivity index (χ4v) is 3.45. The van der Waals surface area contributed by atoms with Crippen LogP contribution >= 0.6 is 0 Å². The molecule has 0 aromatic heterocycles. The molecule has 0 radical (unpaired) electrons. The average molecular weight is 390 g/mol. The van der Waals surface area contributed by atoms with Crippen LogP contribution in [0.4, 0.5) is 0 Å². The van der Waals surface area contributed by atoms with Crippen molar-refractivity contribution < 1.29 is 34.4 Å². The van der Waals surface area contributed by atoms with Crippen molar-refractivity contribution in [3.8, 4) is 11.5 Å². The van der Waals surface area contributed by atoms with Crippen molar-refractivity contribution in [2.24, 2.45) is 0 Å². The van der Waals surface area contributed by atoms with Crippen LogP contribution in [0.3, 0.4) is 0 Å². The first-order valence-corrected chi connectivity index (χ1v) is 9.20. The summed E-state index contributed by atoms with van der Waals surface area (Å²) in [7, 11) is 0. The maximum absolute atomic E-state index is 12.9. The van der Waals surface area contributed by atoms with Gasteiger partial charge in [0.15, 0.2) is 5.60 Å². The molecule has 28 heavy (non-hydrogen) atoms. The number of aromatic hydroxyl groups is 2. The fraction of sp³-hybridized carbons (Fsp3) is 0.476. The lowest BCUT2D eigenvalue weighted by atomic mass is 9.77. The average Bonchev–Trinajstić information content (AvgIpc) is 2.57. The first-order valence-electron chi connectivity index (χ1n) is 9.20. The Morgan fingerprint density at radius 2 is 1.89 bits per heavy atom. The second-order valence-corrected chi connectivity index (χ2v) is 7.40. The first kappa shape index (κ1) is 21.6. The third-order valence-corrected chi connectivity index (χ3v) is 5.15. The first-order chi connectivity index (χ1) is 13.0. The predicted molar refractivity (Wildman–Crippen MR) is 101 cm³/mol. The Labute approximate surface area is 163 Å². The summed E-state index contributed by atoms with van der Waals surface area (Å²) in [5.74, 6) is -2.27. The van der Waals surface area contributed by atoms with Crippen LogP contribution in [0.15, 0.2) is 23.3 Å². The third kappa shape index (κ3) is 4.09. The number of phenolic OH excluding ortho intramolecular Hbond substituents is 2. The van der Waals surface area contributed by atoms with Crippen molar-refractivity contribution in [2.75, 3.05) is 0 Å². The summed E-state index contributed by atoms with van der Waals surface area (Å²) in [5.41, 5.74) is -0.911. The van der Waals surface area contributed by atoms with Gasteiger partial charge in [-0.2, -0.15) is 0 Å². The zero-order valence-corrected chi connectivity index (χ0v) is 16.5. The lowest BCUT2D eigenvalue weighted by molar-refractivity contribution is -0.146. The van der Waals surface area contributed by atoms with Gasteiger partial charge in [-0.25, -0.2) is 4.79 Å². The number of aliphatic hydroxyl groups is 1. The summed E-state index contributed by atoms with van der Waals surface area (Å²) >= 11 is 0. The number of hydrogen-bond donors (Lipinski definition) is 3. The molecule has 7 nitrogen and oxygen atoms in total. The van der Waals surface area contributed by atoms with E-state index in [0.29, 0.717) is 24.0 Å². The number of phenols is 2. The number of esters is 1. The van der Waals surface area contributed by atoms with Crippen LogP contribution < -0.4 is 0 Å². The Hall–Kier alpha value is -2.67. The summed E-state index contributed by atoms with van der Waals surface area (Å²) in [4.78, 5) is 37.4. The maximum Gasteiger partial charge on any atom is 0.343 e. The largest absolute Gasteiger partial charge is 0.508 e. The molecule has 0 bridgehead atoms. The van der Waals surface area contributed by atoms with Crippen LogP contribution in [-0.2, 0) is 14.3 Å². The molecule has 0 unspecified atom stereocenters. The van der Waals surface area contributed by atoms with E-state index in [2.05, 4.69) is 0 Å². The minimum atomic E-state index is -1.84. The Bertz CT molecular complexity index is 829. The number of hydrogen-bond acceptors (Lipinski definition) is 7. The van der Waals surface area contributed by atoms with Crippen molar-refractivity contribution in [2.45, 2.75) is 65.1 Å². The van der Waals surface area contributed by atoms with Crippen molar-refractivity contribution >= 4 is 17.5 Å². The van der Waals surface area contributed by atoms with Gasteiger partial charge in [0.1, 0.15) is 28.9 Å². The zero-order valence-electron chi connectivity index (χ0n) is 16.5. The van der Waals surface area contributed by atoms with E-state index in [-0.39, 0.29) is 35.5 Å². The Morgan fingerprint density at radius 3 is 2.46 bits per heavy atom. The molecule has 7 heteroatoms. The highest BCUT2D eigenvalue weighted by Gasteiger charge is 2.49. The molecular formula is C21H26O7. The molecule has 1 aromatic rings. The Balaban J connectivity index is 2.31. The van der Waals surface area contributed by atoms with Crippen molar-refractivity contribution in [3.63, 3.8) is 0 Å². The molecule has 0 saturated carbocycles. The van der Waals surface area contributed by atoms with E-state index in [4.69, 9.17) is 4.74 Å². The smallest absolute Gasteiger partial charge is 0.343 e. The number of aliphatic hydroxyl groups excluding tert-OH is 1. The molecular weight excluding hydrogens is 364 g/mol. The molecule has 1 aliphatic carbocycles. The highest BCUT2D eigenvalue weighted by molar-refractivity contribution is 6.06. The van der Waals surface area contributed by atoms with E-state index in [1.165, 1.54) is 19.9 Å². The molecule has 0 spiro atoms. The second-order valence-electron chi connectivity index (χ2n) is 7.40. The van der Waals surface area contributed by atoms with Crippen molar-refractivity contribution in [1.82, 2.24) is 0 Å². The standard InChI is InChI=1S/C21H26O7/c1-5-6-14(22)8-13-9-17(25)21(4,19(26)12(13)3)28-20(27)18-11(2)7-15(23)10-16(18)24/h7,10,17,23-25H,5-6,8-9H2,1-4H3/t17-,21+/m0/s1. The monoisotopic (exact) mass is 390 g/mol. The summed E-state index contributed by atoms with van der Waals surface area (Å²) in [5, 5.41) is 30.0. The van der Waals surface area contributed by atoms with Crippen LogP contribution in [-0.4, -0.2) is 44.6 Å². The Morgan fingerprint density at radius 1 is 1.25 bits per heavy atom. The third-order valence-electron chi connectivity index (χ3n) is 5.15. The SMILES string of the molecule is CCCC(=O)CC1=C(C)C(=O)[C@](C)(OC(=O)c2c(C)cc(O)cc2O)[C@@H](O)C1. The number of Topliss-reactive ketones (excluding diaryl/α,β-unsaturated/α-hetero) is 2. The quantitative estimate of drug-likeness (QED) is 0.639. The topological polar surface area (TPSA) is 121 Å². The summed E-state index contributed by atoms with van der Waals surface area (Å²) in [6.45, 7) is 6.26. The molecule has 2 rings (SSSR count). The molecule has 3 N–H and O–H groups in total. The van der Waals surface area contributed by atoms with E-state index in [0.717, 1.165) is 6.07 Å². The molecule has 152 valence electrons. The summed E-state index contributed by atoms with van der Waals surface area (Å²) in [6.07, 6.45) is -0.0994. The van der Waals surface area contributed by atoms with Crippen molar-refractivity contribution in [3.05, 3.63) is 34.4 Å². The highest BCUT2D eigenvalue weighted by atomic mass is 16.6. The van der Waals surface area contributed by atoms with Gasteiger partial charge < -0.3 is 20.1 Å². The van der Waals surface area contributed by atoms with E-state index >= 15 is 0 Å². The molecule has 0 heterocycles. The molecule has 0 saturated heterocycles. The van der Waals surface area contributed by atoms with E-state index in [1.807, 2.05) is 6.92 Å². The number of ether oxygens (including phenoxy) is 1. The van der Waals surface area contributed by atoms with Crippen LogP contribution in [0.2, 0.25) is 0 Å². The Kier molecular flexibility index (Phi) is 6.29. The van der Waals surface area contributed by atoms with Crippen LogP contribution in [0, 0.1) is 6.92 Å². The second kappa shape index (κ2) is 8.14. The van der Waals surface area contributed by atoms with Gasteiger partial charge in [-0.15, -0.1) is 0 Å². The van der Waals surface area contributed by atoms with Gasteiger partial charge >= 0.3 is 5.97 Å². The lowest BCUT2D eigenvalue weighted by Gasteiger charge is -2.37. The van der Waals surface area contributed by atoms with Gasteiger partial charge in [-0.05, 0) is 50.8 Å². The molecule has 1 aromatic carbocycles. The fourth-order valence-electron chi connectivity index (χ4n) is 3.45. The van der Waals surface area contributed by atoms with Gasteiger partial charge in [0, 0.05) is 18.9 Å². The van der Waals surface area contributed by atoms with Crippen LogP contribution in [0.1, 0.15) is 62.4 Å². The van der Waals surface area contributed by atoms with E-state index in [1.54, 1.807) is 6.92 Å². The normalized spacial score (nSPS) is 22.3. The molecule has 1 aliphatic rings. The minimum Gasteiger partial charge on any atom is -0.508 e. The van der Waals surface area contributed by atoms with Gasteiger partial charge in [-0.1, -0.05) is 12.5 Å². The predicted octanol–water partition coefficient (Wildman–Crippen LogP) is 2.73. The minimum absolute atomic E-state index is 0.0120. The van der Waals surface area contributed by atoms with Gasteiger partial charge in [0.25, 0.3) is 0 Å². The number of carbonyl (C=O) groups excluding carboxylic acids is 3. The number of carbonyl (C=O) groups is 3. The van der Waals surface area contributed by atoms with Gasteiger partial charge in [0.05, 0.1) is 0 Å². The summed E-state index contributed by atoms with van der Waals surface area (Å²) in [6, 6.07) is 2.27. The molecule has 0 aliphatic heterocycles. The van der Waals surface area contributed by atoms with Crippen LogP contribution in [0.25, 0.3) is 0 Å². The zero-order chi connectivity index (χ0) is 21.2. The van der Waals surface area contributed by atoms with Crippen molar-refractivity contribution in [1.29, 1.82) is 0 Å². The van der Waals surface area contributed by atoms with Crippen LogP contribution in [0.5, 0.6) is 11.5 Å². The van der Waals surface area contributed by atoms with E-state index in [9.17, 15) is 29.7 Å². The number of rotatable bonds is 6. The van der Waals surface area contributed by atoms with Gasteiger partial charge in [-0.3, -0.25) is 9.59 Å². The number of aryl methyl sites for hydroxylation is 1. The molecule has 0 fully saturated rings. The number of benzene rings is 1. The lowest BCUT2D eigenvalue weighted by Crippen LogP contribution is -2.53. The summed E-state index contributed by atoms with van der Waals surface area (Å²) < 4.78 is 5.36. The molecule has 0 amide bonds. The van der Waals surface area contributed by atoms with Gasteiger partial charge in [0.2, 0.25) is 5.78 Å². The maximum atomic E-state index is 12.9. The number of ketones is 2. The molecule has 2 atom stereocenters. The highest BCUT2D eigenvalue weighted by Crippen LogP contribution is 2.36. The van der Waals surface area contributed by atoms with E-state index < -0.39 is 29.2 Å².